The molecule has 2 aromatic rings. The van der Waals surface area contributed by atoms with Gasteiger partial charge < -0.3 is 10.3 Å². The molecular formula is C18H25N3. The van der Waals surface area contributed by atoms with Crippen LogP contribution in [-0.2, 0) is 11.8 Å². The molecule has 1 aliphatic rings. The molecule has 3 nitrogen and oxygen atoms in total. The minimum atomic E-state index is 0.200. The molecule has 3 rings (SSSR count). The molecule has 0 spiro atoms. The molecule has 21 heavy (non-hydrogen) atoms. The van der Waals surface area contributed by atoms with E-state index in [4.69, 9.17) is 0 Å². The van der Waals surface area contributed by atoms with Crippen LogP contribution in [0.25, 0.3) is 11.3 Å². The van der Waals surface area contributed by atoms with Crippen LogP contribution in [0.4, 0.5) is 0 Å². The van der Waals surface area contributed by atoms with Crippen LogP contribution in [0.1, 0.15) is 45.0 Å². The fourth-order valence-corrected chi connectivity index (χ4v) is 2.93. The zero-order chi connectivity index (χ0) is 14.9. The Bertz CT molecular complexity index is 584. The van der Waals surface area contributed by atoms with Crippen molar-refractivity contribution in [1.82, 2.24) is 15.3 Å². The van der Waals surface area contributed by atoms with E-state index in [1.165, 1.54) is 24.0 Å². The highest BCUT2D eigenvalue weighted by Crippen LogP contribution is 2.25. The van der Waals surface area contributed by atoms with Crippen LogP contribution < -0.4 is 5.32 Å². The first-order valence-electron chi connectivity index (χ1n) is 7.90. The second kappa shape index (κ2) is 5.64. The number of benzene rings is 1. The number of nitrogens with one attached hydrogen (secondary N) is 2. The van der Waals surface area contributed by atoms with E-state index in [2.05, 4.69) is 60.3 Å². The van der Waals surface area contributed by atoms with Gasteiger partial charge in [0.15, 0.2) is 0 Å². The van der Waals surface area contributed by atoms with Crippen LogP contribution in [-0.4, -0.2) is 22.6 Å². The summed E-state index contributed by atoms with van der Waals surface area (Å²) in [6.07, 6.45) is 5.50. The molecule has 0 saturated carbocycles. The van der Waals surface area contributed by atoms with Gasteiger partial charge in [0.05, 0.1) is 11.9 Å². The maximum absolute atomic E-state index is 4.53. The van der Waals surface area contributed by atoms with Gasteiger partial charge in [0, 0.05) is 12.5 Å². The van der Waals surface area contributed by atoms with Gasteiger partial charge in [0.25, 0.3) is 0 Å². The molecule has 2 N–H and O–H groups in total. The Kier molecular flexibility index (Phi) is 3.85. The summed E-state index contributed by atoms with van der Waals surface area (Å²) in [5.74, 6) is 1.09. The topological polar surface area (TPSA) is 40.7 Å². The first-order chi connectivity index (χ1) is 10.0. The molecule has 1 saturated heterocycles. The first-order valence-corrected chi connectivity index (χ1v) is 7.90. The van der Waals surface area contributed by atoms with E-state index in [-0.39, 0.29) is 5.41 Å². The van der Waals surface area contributed by atoms with E-state index >= 15 is 0 Å². The highest BCUT2D eigenvalue weighted by Gasteiger charge is 2.16. The maximum atomic E-state index is 4.53. The van der Waals surface area contributed by atoms with Crippen molar-refractivity contribution in [3.63, 3.8) is 0 Å². The molecule has 1 fully saturated rings. The summed E-state index contributed by atoms with van der Waals surface area (Å²) in [7, 11) is 0. The molecule has 0 radical (unpaired) electrons. The van der Waals surface area contributed by atoms with E-state index in [9.17, 15) is 0 Å². The number of hydrogen-bond acceptors (Lipinski definition) is 2. The predicted molar refractivity (Wildman–Crippen MR) is 87.5 cm³/mol. The summed E-state index contributed by atoms with van der Waals surface area (Å²) in [4.78, 5) is 8.00. The van der Waals surface area contributed by atoms with Gasteiger partial charge in [0.2, 0.25) is 0 Å². The summed E-state index contributed by atoms with van der Waals surface area (Å²) in [6.45, 7) is 7.87. The van der Waals surface area contributed by atoms with Crippen LogP contribution in [0.5, 0.6) is 0 Å². The van der Waals surface area contributed by atoms with E-state index in [0.29, 0.717) is 6.04 Å². The molecule has 1 unspecified atom stereocenters. The Morgan fingerprint density at radius 1 is 1.19 bits per heavy atom. The number of aromatic amines is 1. The van der Waals surface area contributed by atoms with Gasteiger partial charge in [-0.2, -0.15) is 0 Å². The van der Waals surface area contributed by atoms with Crippen molar-refractivity contribution in [1.29, 1.82) is 0 Å². The molecule has 1 atom stereocenters. The summed E-state index contributed by atoms with van der Waals surface area (Å²) in [5, 5.41) is 3.52. The van der Waals surface area contributed by atoms with Gasteiger partial charge in [0.1, 0.15) is 5.82 Å². The lowest BCUT2D eigenvalue weighted by Crippen LogP contribution is -2.24. The van der Waals surface area contributed by atoms with Crippen LogP contribution in [0.15, 0.2) is 30.5 Å². The van der Waals surface area contributed by atoms with E-state index in [1.807, 2.05) is 6.20 Å². The van der Waals surface area contributed by atoms with Crippen molar-refractivity contribution >= 4 is 0 Å². The van der Waals surface area contributed by atoms with E-state index in [0.717, 1.165) is 24.5 Å². The average Bonchev–Trinajstić information content (AvgIpc) is 3.10. The first kappa shape index (κ1) is 14.3. The average molecular weight is 283 g/mol. The molecule has 0 aliphatic carbocycles. The van der Waals surface area contributed by atoms with Gasteiger partial charge >= 0.3 is 0 Å². The van der Waals surface area contributed by atoms with Crippen molar-refractivity contribution in [2.45, 2.75) is 51.5 Å². The molecule has 0 bridgehead atoms. The van der Waals surface area contributed by atoms with Crippen molar-refractivity contribution in [2.24, 2.45) is 0 Å². The molecule has 0 amide bonds. The minimum absolute atomic E-state index is 0.200. The number of H-pyrrole nitrogens is 1. The Hall–Kier alpha value is -1.61. The van der Waals surface area contributed by atoms with Crippen LogP contribution >= 0.6 is 0 Å². The summed E-state index contributed by atoms with van der Waals surface area (Å²) in [6, 6.07) is 9.40. The van der Waals surface area contributed by atoms with Crippen molar-refractivity contribution in [3.8, 4) is 11.3 Å². The van der Waals surface area contributed by atoms with E-state index in [1.54, 1.807) is 0 Å². The molecular weight excluding hydrogens is 258 g/mol. The molecule has 1 aliphatic heterocycles. The lowest BCUT2D eigenvalue weighted by Gasteiger charge is -2.18. The minimum Gasteiger partial charge on any atom is -0.342 e. The number of imidazole rings is 1. The Labute approximate surface area is 127 Å². The molecule has 112 valence electrons. The zero-order valence-corrected chi connectivity index (χ0v) is 13.2. The number of aromatic nitrogens is 2. The smallest absolute Gasteiger partial charge is 0.108 e. The third kappa shape index (κ3) is 3.35. The SMILES string of the molecule is CC(C)(C)c1ccc(-c2cnc(CC3CCCN3)[nH]2)cc1. The van der Waals surface area contributed by atoms with Crippen LogP contribution in [0.3, 0.4) is 0 Å². The largest absolute Gasteiger partial charge is 0.342 e. The van der Waals surface area contributed by atoms with Crippen LogP contribution in [0.2, 0.25) is 0 Å². The van der Waals surface area contributed by atoms with Gasteiger partial charge in [-0.3, -0.25) is 0 Å². The normalized spacial score (nSPS) is 19.1. The standard InChI is InChI=1S/C18H25N3/c1-18(2,3)14-8-6-13(7-9-14)16-12-20-17(21-16)11-15-5-4-10-19-15/h6-9,12,15,19H,4-5,10-11H2,1-3H3,(H,20,21). The van der Waals surface area contributed by atoms with Gasteiger partial charge in [-0.25, -0.2) is 4.98 Å². The van der Waals surface area contributed by atoms with Crippen molar-refractivity contribution in [3.05, 3.63) is 41.9 Å². The molecule has 1 aromatic carbocycles. The van der Waals surface area contributed by atoms with Crippen molar-refractivity contribution in [2.75, 3.05) is 6.54 Å². The van der Waals surface area contributed by atoms with Crippen LogP contribution in [0, 0.1) is 0 Å². The highest BCUT2D eigenvalue weighted by atomic mass is 15.0. The van der Waals surface area contributed by atoms with Gasteiger partial charge in [-0.1, -0.05) is 45.0 Å². The fraction of sp³-hybridized carbons (Fsp3) is 0.500. The second-order valence-electron chi connectivity index (χ2n) is 7.07. The number of nitrogens with zero attached hydrogens (tertiary/aromatic N) is 1. The summed E-state index contributed by atoms with van der Waals surface area (Å²) >= 11 is 0. The van der Waals surface area contributed by atoms with Gasteiger partial charge in [-0.15, -0.1) is 0 Å². The zero-order valence-electron chi connectivity index (χ0n) is 13.2. The molecule has 1 aromatic heterocycles. The Morgan fingerprint density at radius 2 is 1.95 bits per heavy atom. The number of rotatable bonds is 3. The predicted octanol–water partition coefficient (Wildman–Crippen LogP) is 3.67. The van der Waals surface area contributed by atoms with Gasteiger partial charge in [-0.05, 0) is 35.9 Å². The van der Waals surface area contributed by atoms with Crippen molar-refractivity contribution < 1.29 is 0 Å². The lowest BCUT2D eigenvalue weighted by atomic mass is 9.86. The monoisotopic (exact) mass is 283 g/mol. The highest BCUT2D eigenvalue weighted by molar-refractivity contribution is 5.59. The third-order valence-corrected chi connectivity index (χ3v) is 4.29. The Balaban J connectivity index is 1.73. The third-order valence-electron chi connectivity index (χ3n) is 4.29. The fourth-order valence-electron chi connectivity index (χ4n) is 2.93. The Morgan fingerprint density at radius 3 is 2.57 bits per heavy atom. The summed E-state index contributed by atoms with van der Waals surface area (Å²) < 4.78 is 0. The quantitative estimate of drug-likeness (QED) is 0.902. The molecule has 3 heteroatoms. The lowest BCUT2D eigenvalue weighted by molar-refractivity contribution is 0.588. The molecule has 2 heterocycles. The maximum Gasteiger partial charge on any atom is 0.108 e. The summed E-state index contributed by atoms with van der Waals surface area (Å²) in [5.41, 5.74) is 3.89. The number of hydrogen-bond donors (Lipinski definition) is 2. The van der Waals surface area contributed by atoms with E-state index < -0.39 is 0 Å². The second-order valence-corrected chi connectivity index (χ2v) is 7.07.